The van der Waals surface area contributed by atoms with Gasteiger partial charge < -0.3 is 8.83 Å². The predicted octanol–water partition coefficient (Wildman–Crippen LogP) is 27.9. The molecule has 6 heterocycles. The Morgan fingerprint density at radius 2 is 0.509 bits per heavy atom. The molecular formula is C104H62N6O2. The van der Waals surface area contributed by atoms with Crippen LogP contribution in [0.25, 0.3) is 231 Å². The molecule has 0 aliphatic heterocycles. The molecule has 0 bridgehead atoms. The van der Waals surface area contributed by atoms with E-state index in [0.29, 0.717) is 11.9 Å². The average molecular weight is 1430 g/mol. The van der Waals surface area contributed by atoms with E-state index in [0.717, 1.165) is 116 Å². The molecule has 0 saturated carbocycles. The fourth-order valence-corrected chi connectivity index (χ4v) is 17.9. The van der Waals surface area contributed by atoms with Crippen molar-refractivity contribution in [3.8, 4) is 78.9 Å². The lowest BCUT2D eigenvalue weighted by Gasteiger charge is -2.13. The first-order valence-corrected chi connectivity index (χ1v) is 38.0. The second-order valence-electron chi connectivity index (χ2n) is 29.0. The van der Waals surface area contributed by atoms with Crippen molar-refractivity contribution in [3.05, 3.63) is 376 Å². The van der Waals surface area contributed by atoms with Gasteiger partial charge in [-0.15, -0.1) is 0 Å². The van der Waals surface area contributed by atoms with Crippen LogP contribution >= 0.6 is 0 Å². The second kappa shape index (κ2) is 25.3. The average Bonchev–Trinajstić information content (AvgIpc) is 1.60. The van der Waals surface area contributed by atoms with Crippen molar-refractivity contribution in [2.45, 2.75) is 0 Å². The Morgan fingerprint density at radius 3 is 0.982 bits per heavy atom. The maximum atomic E-state index is 6.27. The normalized spacial score (nSPS) is 11.9. The van der Waals surface area contributed by atoms with Crippen LogP contribution in [0.15, 0.2) is 385 Å². The fraction of sp³-hybridized carbons (Fsp3) is 0. The lowest BCUT2D eigenvalue weighted by atomic mass is 9.91. The Labute approximate surface area is 641 Å². The monoisotopic (exact) mass is 1430 g/mol. The Balaban J connectivity index is 0.000000134. The summed E-state index contributed by atoms with van der Waals surface area (Å²) in [6, 6.07) is 133. The summed E-state index contributed by atoms with van der Waals surface area (Å²) in [6.07, 6.45) is 0. The highest BCUT2D eigenvalue weighted by Gasteiger charge is 2.25. The van der Waals surface area contributed by atoms with Crippen LogP contribution in [0.3, 0.4) is 0 Å². The number of hydrogen-bond acceptors (Lipinski definition) is 6. The lowest BCUT2D eigenvalue weighted by Crippen LogP contribution is -2.03. The molecule has 0 amide bonds. The number of aromatic nitrogens is 6. The second-order valence-corrected chi connectivity index (χ2v) is 29.0. The van der Waals surface area contributed by atoms with Crippen molar-refractivity contribution >= 4 is 152 Å². The van der Waals surface area contributed by atoms with Gasteiger partial charge >= 0.3 is 0 Å². The zero-order chi connectivity index (χ0) is 73.5. The third-order valence-electron chi connectivity index (χ3n) is 22.9. The van der Waals surface area contributed by atoms with E-state index in [9.17, 15) is 0 Å². The van der Waals surface area contributed by atoms with Crippen molar-refractivity contribution in [1.82, 2.24) is 29.1 Å². The van der Waals surface area contributed by atoms with Crippen molar-refractivity contribution < 1.29 is 8.83 Å². The van der Waals surface area contributed by atoms with Gasteiger partial charge in [-0.05, 0) is 154 Å². The van der Waals surface area contributed by atoms with Gasteiger partial charge in [0.05, 0.1) is 44.5 Å². The highest BCUT2D eigenvalue weighted by Crippen LogP contribution is 2.47. The summed E-state index contributed by atoms with van der Waals surface area (Å²) in [4.78, 5) is 21.3. The van der Waals surface area contributed by atoms with Gasteiger partial charge in [0.15, 0.2) is 0 Å². The molecule has 8 heteroatoms. The van der Waals surface area contributed by atoms with Gasteiger partial charge in [0.2, 0.25) is 11.9 Å². The zero-order valence-corrected chi connectivity index (χ0v) is 60.3. The Hall–Kier alpha value is -15.1. The maximum absolute atomic E-state index is 6.27. The van der Waals surface area contributed by atoms with E-state index < -0.39 is 0 Å². The molecule has 24 aromatic rings. The molecule has 24 rings (SSSR count). The van der Waals surface area contributed by atoms with E-state index in [-0.39, 0.29) is 0 Å². The summed E-state index contributed by atoms with van der Waals surface area (Å²) in [5.41, 5.74) is 23.1. The number of benzene rings is 18. The van der Waals surface area contributed by atoms with E-state index in [1.54, 1.807) is 0 Å². The molecule has 0 N–H and O–H groups in total. The van der Waals surface area contributed by atoms with E-state index in [1.807, 2.05) is 30.3 Å². The van der Waals surface area contributed by atoms with E-state index in [2.05, 4.69) is 355 Å². The van der Waals surface area contributed by atoms with Crippen LogP contribution in [0.4, 0.5) is 0 Å². The van der Waals surface area contributed by atoms with Crippen LogP contribution in [0.1, 0.15) is 0 Å². The van der Waals surface area contributed by atoms with Gasteiger partial charge in [-0.3, -0.25) is 9.13 Å². The topological polar surface area (TPSA) is 87.7 Å². The largest absolute Gasteiger partial charge is 0.456 e. The number of para-hydroxylation sites is 6. The maximum Gasteiger partial charge on any atom is 0.235 e. The number of nitrogens with zero attached hydrogens (tertiary/aromatic N) is 6. The van der Waals surface area contributed by atoms with Crippen LogP contribution in [-0.4, -0.2) is 29.1 Å². The summed E-state index contributed by atoms with van der Waals surface area (Å²) in [6.45, 7) is 0. The zero-order valence-electron chi connectivity index (χ0n) is 60.3. The molecule has 0 spiro atoms. The highest BCUT2D eigenvalue weighted by molar-refractivity contribution is 6.28. The van der Waals surface area contributed by atoms with Crippen LogP contribution in [-0.2, 0) is 0 Å². The predicted molar refractivity (Wildman–Crippen MR) is 465 cm³/mol. The molecule has 0 unspecified atom stereocenters. The lowest BCUT2D eigenvalue weighted by molar-refractivity contribution is 0.669. The van der Waals surface area contributed by atoms with Gasteiger partial charge in [-0.25, -0.2) is 19.9 Å². The number of rotatable bonds is 8. The van der Waals surface area contributed by atoms with Crippen LogP contribution < -0.4 is 0 Å². The minimum absolute atomic E-state index is 0.649. The van der Waals surface area contributed by atoms with Gasteiger partial charge in [0, 0.05) is 65.0 Å². The molecule has 0 radical (unpaired) electrons. The van der Waals surface area contributed by atoms with Gasteiger partial charge in [-0.1, -0.05) is 309 Å². The summed E-state index contributed by atoms with van der Waals surface area (Å²) in [5.74, 6) is 1.30. The first-order chi connectivity index (χ1) is 55.6. The fourth-order valence-electron chi connectivity index (χ4n) is 17.9. The first kappa shape index (κ1) is 63.0. The molecule has 112 heavy (non-hydrogen) atoms. The molecule has 18 aromatic carbocycles. The van der Waals surface area contributed by atoms with E-state index in [4.69, 9.17) is 28.8 Å². The molecule has 520 valence electrons. The van der Waals surface area contributed by atoms with Crippen LogP contribution in [0, 0.1) is 0 Å². The Kier molecular flexibility index (Phi) is 14.2. The summed E-state index contributed by atoms with van der Waals surface area (Å²) >= 11 is 0. The van der Waals surface area contributed by atoms with E-state index >= 15 is 0 Å². The molecule has 6 aromatic heterocycles. The highest BCUT2D eigenvalue weighted by atomic mass is 16.3. The minimum Gasteiger partial charge on any atom is -0.456 e. The molecule has 0 fully saturated rings. The molecule has 8 nitrogen and oxygen atoms in total. The van der Waals surface area contributed by atoms with Crippen molar-refractivity contribution in [2.75, 3.05) is 0 Å². The van der Waals surface area contributed by atoms with Gasteiger partial charge in [-0.2, -0.15) is 0 Å². The third kappa shape index (κ3) is 9.88. The van der Waals surface area contributed by atoms with Crippen LogP contribution in [0.2, 0.25) is 0 Å². The SMILES string of the molecule is c1ccc(-c2ccc(-c3nc(-n4c5ccccc5c5c6cccc(-c7cccc8c7ccc7oc9ccccc9c78)c6ccc54)nc4ccccc34)cc2)cc1.c1ccc(-c2cccc(-c3nc(-n4c5ccccc5c5c6cccc(-c7cccc8c7ccc7oc9ccccc9c78)c6ccc54)nc4ccccc34)c2)cc1. The van der Waals surface area contributed by atoms with Crippen molar-refractivity contribution in [3.63, 3.8) is 0 Å². The quantitative estimate of drug-likeness (QED) is 0.151. The van der Waals surface area contributed by atoms with E-state index in [1.165, 1.54) is 104 Å². The summed E-state index contributed by atoms with van der Waals surface area (Å²) < 4.78 is 17.0. The number of fused-ring (bicyclic) bond motifs is 22. The Bertz CT molecular complexity index is 8010. The standard InChI is InChI=1S/2C52H31N3O/c1-2-13-32(14-3-1)33-15-10-16-34(31-33)51-41-17-4-7-24-44(41)53-52(54-51)55-45-25-8-5-18-42(45)49-39-22-11-20-35(37(39)27-29-46(49)55)36-21-12-23-40-38(36)28-30-48-50(40)43-19-6-9-26-47(43)56-48;1-2-12-32(13-3-1)33-24-26-34(27-25-33)51-41-14-4-7-21-44(41)53-52(54-51)55-45-22-8-5-15-42(45)49-39-19-10-17-35(37(39)28-30-46(49)55)36-18-11-20-40-38(36)29-31-48-50(40)43-16-6-9-23-47(43)56-48/h2*1-31H. The molecule has 0 aliphatic rings. The van der Waals surface area contributed by atoms with Gasteiger partial charge in [0.25, 0.3) is 0 Å². The molecule has 0 aliphatic carbocycles. The molecule has 0 saturated heterocycles. The first-order valence-electron chi connectivity index (χ1n) is 38.0. The van der Waals surface area contributed by atoms with Crippen LogP contribution in [0.5, 0.6) is 0 Å². The number of furan rings is 2. The van der Waals surface area contributed by atoms with Crippen molar-refractivity contribution in [2.24, 2.45) is 0 Å². The van der Waals surface area contributed by atoms with Crippen molar-refractivity contribution in [1.29, 1.82) is 0 Å². The summed E-state index contributed by atoms with van der Waals surface area (Å²) in [5, 5.41) is 20.9. The van der Waals surface area contributed by atoms with Gasteiger partial charge in [0.1, 0.15) is 22.3 Å². The molecule has 0 atom stereocenters. The smallest absolute Gasteiger partial charge is 0.235 e. The third-order valence-corrected chi connectivity index (χ3v) is 22.9. The minimum atomic E-state index is 0.649. The Morgan fingerprint density at radius 1 is 0.179 bits per heavy atom. The number of hydrogen-bond donors (Lipinski definition) is 0. The summed E-state index contributed by atoms with van der Waals surface area (Å²) in [7, 11) is 0. The molecular weight excluding hydrogens is 1370 g/mol.